The van der Waals surface area contributed by atoms with Crippen molar-refractivity contribution in [1.29, 1.82) is 0 Å². The van der Waals surface area contributed by atoms with Gasteiger partial charge in [-0.15, -0.1) is 0 Å². The van der Waals surface area contributed by atoms with Gasteiger partial charge in [-0.05, 0) is 23.3 Å². The molecule has 0 aliphatic carbocycles. The van der Waals surface area contributed by atoms with E-state index in [0.29, 0.717) is 11.1 Å². The fourth-order valence-electron chi connectivity index (χ4n) is 2.57. The van der Waals surface area contributed by atoms with Gasteiger partial charge < -0.3 is 9.52 Å². The first-order chi connectivity index (χ1) is 13.3. The normalized spacial score (nSPS) is 12.2. The topological polar surface area (TPSA) is 129 Å². The Kier molecular flexibility index (Phi) is 5.41. The van der Waals surface area contributed by atoms with Gasteiger partial charge in [0.15, 0.2) is 5.60 Å². The molecule has 144 valence electrons. The maximum atomic E-state index is 12.8. The smallest absolute Gasteiger partial charge is 0.328 e. The Morgan fingerprint density at radius 2 is 1.50 bits per heavy atom. The van der Waals surface area contributed by atoms with Gasteiger partial charge in [0.2, 0.25) is 5.09 Å². The average molecular weight is 400 g/mol. The summed E-state index contributed by atoms with van der Waals surface area (Å²) in [6, 6.07) is 19.0. The zero-order chi connectivity index (χ0) is 20.2. The highest BCUT2D eigenvalue weighted by Gasteiger charge is 2.39. The van der Waals surface area contributed by atoms with Gasteiger partial charge in [0, 0.05) is 0 Å². The lowest BCUT2D eigenvalue weighted by Crippen LogP contribution is -2.43. The molecule has 3 rings (SSSR count). The molecule has 0 spiro atoms. The van der Waals surface area contributed by atoms with E-state index in [1.807, 2.05) is 0 Å². The van der Waals surface area contributed by atoms with Gasteiger partial charge in [-0.3, -0.25) is 9.35 Å². The van der Waals surface area contributed by atoms with Crippen LogP contribution in [0.25, 0.3) is 0 Å². The number of furan rings is 1. The van der Waals surface area contributed by atoms with Crippen LogP contribution in [0.15, 0.2) is 87.4 Å². The molecule has 3 N–H and O–H groups in total. The molecule has 1 amide bonds. The zero-order valence-corrected chi connectivity index (χ0v) is 15.2. The van der Waals surface area contributed by atoms with Crippen molar-refractivity contribution in [2.24, 2.45) is 5.10 Å². The number of benzene rings is 2. The van der Waals surface area contributed by atoms with Crippen molar-refractivity contribution in [2.75, 3.05) is 0 Å². The standard InChI is InChI=1S/C19H16N2O6S/c22-18(21-20-13-16-11-12-17(27-16)28(24,25)26)19(23,14-7-3-1-4-8-14)15-9-5-2-6-10-15/h1-13,23H,(H,21,22)(H,24,25,26)/b20-13+. The SMILES string of the molecule is O=C(N/N=C/c1ccc(S(=O)(=O)O)o1)C(O)(c1ccccc1)c1ccccc1. The number of nitrogens with zero attached hydrogens (tertiary/aromatic N) is 1. The summed E-state index contributed by atoms with van der Waals surface area (Å²) < 4.78 is 35.8. The molecule has 0 saturated heterocycles. The summed E-state index contributed by atoms with van der Waals surface area (Å²) in [6.07, 6.45) is 1.04. The van der Waals surface area contributed by atoms with E-state index < -0.39 is 26.7 Å². The van der Waals surface area contributed by atoms with Gasteiger partial charge in [0.1, 0.15) is 5.76 Å². The number of hydrazone groups is 1. The van der Waals surface area contributed by atoms with Crippen molar-refractivity contribution in [3.05, 3.63) is 89.7 Å². The predicted molar refractivity (Wildman–Crippen MR) is 100 cm³/mol. The average Bonchev–Trinajstić information content (AvgIpc) is 3.18. The quantitative estimate of drug-likeness (QED) is 0.329. The number of hydrogen-bond donors (Lipinski definition) is 3. The lowest BCUT2D eigenvalue weighted by Gasteiger charge is -2.26. The van der Waals surface area contributed by atoms with Crippen molar-refractivity contribution in [3.8, 4) is 0 Å². The molecule has 0 atom stereocenters. The summed E-state index contributed by atoms with van der Waals surface area (Å²) in [4.78, 5) is 12.8. The van der Waals surface area contributed by atoms with Gasteiger partial charge >= 0.3 is 10.1 Å². The molecule has 0 aliphatic rings. The van der Waals surface area contributed by atoms with Gasteiger partial charge in [0.05, 0.1) is 6.21 Å². The van der Waals surface area contributed by atoms with Crippen LogP contribution < -0.4 is 5.43 Å². The minimum atomic E-state index is -4.47. The zero-order valence-electron chi connectivity index (χ0n) is 14.4. The second-order valence-corrected chi connectivity index (χ2v) is 7.13. The first-order valence-electron chi connectivity index (χ1n) is 8.06. The number of carbonyl (C=O) groups excluding carboxylic acids is 1. The third-order valence-electron chi connectivity index (χ3n) is 3.93. The summed E-state index contributed by atoms with van der Waals surface area (Å²) in [5, 5.41) is 14.3. The Morgan fingerprint density at radius 1 is 0.964 bits per heavy atom. The van der Waals surface area contributed by atoms with Crippen LogP contribution in [0.2, 0.25) is 0 Å². The number of hydrogen-bond acceptors (Lipinski definition) is 6. The maximum absolute atomic E-state index is 12.8. The van der Waals surface area contributed by atoms with Gasteiger partial charge in [0.25, 0.3) is 5.91 Å². The first kappa shape index (κ1) is 19.5. The summed E-state index contributed by atoms with van der Waals surface area (Å²) in [5.74, 6) is -0.835. The van der Waals surface area contributed by atoms with E-state index in [1.165, 1.54) is 6.07 Å². The van der Waals surface area contributed by atoms with Gasteiger partial charge in [-0.1, -0.05) is 60.7 Å². The summed E-state index contributed by atoms with van der Waals surface area (Å²) in [5.41, 5.74) is 0.923. The molecule has 0 fully saturated rings. The molecule has 28 heavy (non-hydrogen) atoms. The largest absolute Gasteiger partial charge is 0.441 e. The second kappa shape index (κ2) is 7.77. The highest BCUT2D eigenvalue weighted by molar-refractivity contribution is 7.85. The van der Waals surface area contributed by atoms with E-state index in [4.69, 9.17) is 8.97 Å². The minimum absolute atomic E-state index is 0.0177. The third-order valence-corrected chi connectivity index (χ3v) is 4.65. The molecule has 0 radical (unpaired) electrons. The Morgan fingerprint density at radius 3 is 1.96 bits per heavy atom. The Balaban J connectivity index is 1.86. The molecule has 2 aromatic carbocycles. The van der Waals surface area contributed by atoms with Crippen LogP contribution >= 0.6 is 0 Å². The molecule has 0 unspecified atom stereocenters. The van der Waals surface area contributed by atoms with Crippen LogP contribution in [-0.2, 0) is 20.5 Å². The van der Waals surface area contributed by atoms with Crippen molar-refractivity contribution in [2.45, 2.75) is 10.7 Å². The van der Waals surface area contributed by atoms with E-state index in [-0.39, 0.29) is 5.76 Å². The highest BCUT2D eigenvalue weighted by Crippen LogP contribution is 2.29. The summed E-state index contributed by atoms with van der Waals surface area (Å²) >= 11 is 0. The molecule has 0 saturated carbocycles. The van der Waals surface area contributed by atoms with Crippen molar-refractivity contribution < 1.29 is 27.3 Å². The fourth-order valence-corrected chi connectivity index (χ4v) is 3.01. The van der Waals surface area contributed by atoms with Gasteiger partial charge in [-0.2, -0.15) is 13.5 Å². The van der Waals surface area contributed by atoms with Gasteiger partial charge in [-0.25, -0.2) is 5.43 Å². The first-order valence-corrected chi connectivity index (χ1v) is 9.50. The van der Waals surface area contributed by atoms with E-state index in [9.17, 15) is 18.3 Å². The molecular formula is C19H16N2O6S. The molecule has 9 heteroatoms. The summed E-state index contributed by atoms with van der Waals surface area (Å²) in [6.45, 7) is 0. The van der Waals surface area contributed by atoms with E-state index in [2.05, 4.69) is 10.5 Å². The van der Waals surface area contributed by atoms with Crippen LogP contribution in [0.3, 0.4) is 0 Å². The molecular weight excluding hydrogens is 384 g/mol. The van der Waals surface area contributed by atoms with Crippen LogP contribution in [0, 0.1) is 0 Å². The Hall–Kier alpha value is -3.27. The van der Waals surface area contributed by atoms with Crippen molar-refractivity contribution >= 4 is 22.2 Å². The van der Waals surface area contributed by atoms with E-state index in [0.717, 1.165) is 12.3 Å². The van der Waals surface area contributed by atoms with Crippen LogP contribution in [0.5, 0.6) is 0 Å². The van der Waals surface area contributed by atoms with Crippen molar-refractivity contribution in [3.63, 3.8) is 0 Å². The highest BCUT2D eigenvalue weighted by atomic mass is 32.2. The number of aliphatic hydroxyl groups is 1. The molecule has 8 nitrogen and oxygen atoms in total. The van der Waals surface area contributed by atoms with E-state index in [1.54, 1.807) is 60.7 Å². The molecule has 0 bridgehead atoms. The molecule has 0 aliphatic heterocycles. The monoisotopic (exact) mass is 400 g/mol. The third kappa shape index (κ3) is 4.01. The second-order valence-electron chi connectivity index (χ2n) is 5.77. The molecule has 3 aromatic rings. The Bertz CT molecular complexity index is 1050. The number of rotatable bonds is 6. The lowest BCUT2D eigenvalue weighted by atomic mass is 9.85. The lowest BCUT2D eigenvalue weighted by molar-refractivity contribution is -0.136. The van der Waals surface area contributed by atoms with Crippen molar-refractivity contribution in [1.82, 2.24) is 5.43 Å². The molecule has 1 aromatic heterocycles. The predicted octanol–water partition coefficient (Wildman–Crippen LogP) is 1.91. The number of nitrogens with one attached hydrogen (secondary N) is 1. The number of amides is 1. The maximum Gasteiger partial charge on any atom is 0.328 e. The minimum Gasteiger partial charge on any atom is -0.441 e. The fraction of sp³-hybridized carbons (Fsp3) is 0.0526. The van der Waals surface area contributed by atoms with Crippen LogP contribution in [0.1, 0.15) is 16.9 Å². The van der Waals surface area contributed by atoms with Crippen LogP contribution in [-0.4, -0.2) is 30.2 Å². The van der Waals surface area contributed by atoms with Crippen LogP contribution in [0.4, 0.5) is 0 Å². The number of carbonyl (C=O) groups is 1. The summed E-state index contributed by atoms with van der Waals surface area (Å²) in [7, 11) is -4.47. The van der Waals surface area contributed by atoms with E-state index >= 15 is 0 Å². The Labute approximate surface area is 160 Å². The molecule has 1 heterocycles.